The molecule has 5 aromatic rings. The van der Waals surface area contributed by atoms with Crippen molar-refractivity contribution in [2.24, 2.45) is 10.7 Å². The Bertz CT molecular complexity index is 2300. The average molecular weight is 596 g/mol. The molecule has 0 fully saturated rings. The molecular weight excluding hydrogens is 562 g/mol. The summed E-state index contributed by atoms with van der Waals surface area (Å²) in [5.41, 5.74) is 17.5. The number of furan rings is 1. The second-order valence-corrected chi connectivity index (χ2v) is 12.4. The van der Waals surface area contributed by atoms with Crippen molar-refractivity contribution in [2.45, 2.75) is 31.3 Å². The first-order valence-electron chi connectivity index (χ1n) is 16.1. The summed E-state index contributed by atoms with van der Waals surface area (Å²) in [5, 5.41) is 4.72. The molecule has 3 aliphatic carbocycles. The highest BCUT2D eigenvalue weighted by molar-refractivity contribution is 6.19. The second-order valence-electron chi connectivity index (χ2n) is 12.4. The summed E-state index contributed by atoms with van der Waals surface area (Å²) < 4.78 is 6.43. The van der Waals surface area contributed by atoms with Crippen LogP contribution >= 0.6 is 0 Å². The van der Waals surface area contributed by atoms with Gasteiger partial charge in [0.2, 0.25) is 0 Å². The minimum atomic E-state index is -0.198. The van der Waals surface area contributed by atoms with Crippen LogP contribution in [0.25, 0.3) is 44.4 Å². The van der Waals surface area contributed by atoms with Gasteiger partial charge in [0.1, 0.15) is 11.2 Å². The van der Waals surface area contributed by atoms with Gasteiger partial charge in [0.15, 0.2) is 0 Å². The topological polar surface area (TPSA) is 54.8 Å². The number of anilines is 2. The van der Waals surface area contributed by atoms with Crippen LogP contribution in [0.1, 0.15) is 30.4 Å². The fourth-order valence-corrected chi connectivity index (χ4v) is 7.38. The quantitative estimate of drug-likeness (QED) is 0.225. The zero-order valence-electron chi connectivity index (χ0n) is 25.4. The van der Waals surface area contributed by atoms with Crippen LogP contribution in [0, 0.1) is 0 Å². The monoisotopic (exact) mass is 595 g/mol. The number of benzene rings is 4. The van der Waals surface area contributed by atoms with Crippen molar-refractivity contribution >= 4 is 61.4 Å². The predicted octanol–water partition coefficient (Wildman–Crippen LogP) is 10.1. The van der Waals surface area contributed by atoms with E-state index in [0.717, 1.165) is 63.6 Å². The highest BCUT2D eigenvalue weighted by Crippen LogP contribution is 2.51. The Balaban J connectivity index is 1.13. The van der Waals surface area contributed by atoms with Crippen molar-refractivity contribution in [1.29, 1.82) is 0 Å². The number of hydrogen-bond donors (Lipinski definition) is 1. The summed E-state index contributed by atoms with van der Waals surface area (Å²) in [6.45, 7) is 0. The highest BCUT2D eigenvalue weighted by atomic mass is 16.3. The summed E-state index contributed by atoms with van der Waals surface area (Å²) in [7, 11) is 0. The Hall–Kier alpha value is -5.45. The molecule has 1 aromatic heterocycles. The zero-order chi connectivity index (χ0) is 30.6. The summed E-state index contributed by atoms with van der Waals surface area (Å²) in [6.07, 6.45) is 26.4. The van der Waals surface area contributed by atoms with Gasteiger partial charge in [-0.3, -0.25) is 4.99 Å². The third-order valence-corrected chi connectivity index (χ3v) is 9.61. The lowest BCUT2D eigenvalue weighted by Crippen LogP contribution is -2.28. The van der Waals surface area contributed by atoms with E-state index in [2.05, 4.69) is 114 Å². The standard InChI is InChI=1S/C42H33N3O/c43-35-14-6-7-15-36(35)44-37(28-10-2-1-3-11-28)26-27-18-20-29(21-19-27)45-38-16-8-4-13-34(38)41-31-22-23-32-30-12-5-9-17-40(30)46-42(32)33(31)24-25-39(41)45/h1-2,4-10,12-15,17-26,35,38H,3,11,16,43H2/b37-26+,44-36-. The number of allylic oxidation sites excluding steroid dienone is 8. The van der Waals surface area contributed by atoms with E-state index in [9.17, 15) is 0 Å². The molecule has 0 saturated carbocycles. The van der Waals surface area contributed by atoms with Gasteiger partial charge in [0.25, 0.3) is 0 Å². The minimum Gasteiger partial charge on any atom is -0.455 e. The Morgan fingerprint density at radius 2 is 1.65 bits per heavy atom. The van der Waals surface area contributed by atoms with E-state index in [0.29, 0.717) is 0 Å². The average Bonchev–Trinajstić information content (AvgIpc) is 3.66. The maximum absolute atomic E-state index is 6.43. The molecule has 0 amide bonds. The first-order chi connectivity index (χ1) is 22.7. The van der Waals surface area contributed by atoms with Gasteiger partial charge in [-0.25, -0.2) is 0 Å². The Morgan fingerprint density at radius 3 is 2.52 bits per heavy atom. The summed E-state index contributed by atoms with van der Waals surface area (Å²) in [6, 6.07) is 26.3. The van der Waals surface area contributed by atoms with E-state index in [1.807, 2.05) is 30.4 Å². The van der Waals surface area contributed by atoms with Gasteiger partial charge in [-0.1, -0.05) is 91.1 Å². The molecule has 2 atom stereocenters. The summed E-state index contributed by atoms with van der Waals surface area (Å²) in [5.74, 6) is 0. The van der Waals surface area contributed by atoms with Gasteiger partial charge in [-0.05, 0) is 89.9 Å². The molecule has 4 aromatic carbocycles. The van der Waals surface area contributed by atoms with E-state index in [4.69, 9.17) is 15.1 Å². The van der Waals surface area contributed by atoms with Crippen molar-refractivity contribution in [3.8, 4) is 0 Å². The minimum absolute atomic E-state index is 0.198. The normalized spacial score (nSPS) is 21.4. The Labute approximate surface area is 268 Å². The van der Waals surface area contributed by atoms with Crippen LogP contribution < -0.4 is 10.6 Å². The van der Waals surface area contributed by atoms with Crippen molar-refractivity contribution in [1.82, 2.24) is 0 Å². The number of nitrogens with zero attached hydrogens (tertiary/aromatic N) is 2. The van der Waals surface area contributed by atoms with Crippen molar-refractivity contribution in [2.75, 3.05) is 4.90 Å². The third-order valence-electron chi connectivity index (χ3n) is 9.61. The molecule has 222 valence electrons. The van der Waals surface area contributed by atoms with Crippen LogP contribution in [0.4, 0.5) is 11.4 Å². The number of para-hydroxylation sites is 1. The van der Waals surface area contributed by atoms with Crippen LogP contribution in [0.5, 0.6) is 0 Å². The Morgan fingerprint density at radius 1 is 0.826 bits per heavy atom. The van der Waals surface area contributed by atoms with Crippen molar-refractivity contribution < 1.29 is 4.42 Å². The first kappa shape index (κ1) is 26.9. The molecule has 4 nitrogen and oxygen atoms in total. The molecule has 9 rings (SSSR count). The van der Waals surface area contributed by atoms with Crippen LogP contribution in [0.2, 0.25) is 0 Å². The smallest absolute Gasteiger partial charge is 0.143 e. The molecule has 4 aliphatic rings. The van der Waals surface area contributed by atoms with E-state index in [-0.39, 0.29) is 12.1 Å². The molecule has 46 heavy (non-hydrogen) atoms. The Kier molecular flexibility index (Phi) is 6.36. The number of aliphatic imine (C=N–C) groups is 1. The van der Waals surface area contributed by atoms with E-state index in [1.165, 1.54) is 33.5 Å². The number of fused-ring (bicyclic) bond motifs is 9. The lowest BCUT2D eigenvalue weighted by molar-refractivity contribution is 0.672. The SMILES string of the molecule is NC1C=CC=C/C1=N/C(=C/c1ccc(N2c3ccc4c(ccc5c6ccccc6oc45)c3C3=CC=CCC32)cc1)C1=CC=CCC1. The summed E-state index contributed by atoms with van der Waals surface area (Å²) in [4.78, 5) is 7.57. The highest BCUT2D eigenvalue weighted by Gasteiger charge is 2.36. The molecule has 0 radical (unpaired) electrons. The van der Waals surface area contributed by atoms with Gasteiger partial charge in [0.05, 0.1) is 23.5 Å². The molecule has 2 unspecified atom stereocenters. The maximum atomic E-state index is 6.43. The van der Waals surface area contributed by atoms with E-state index < -0.39 is 0 Å². The van der Waals surface area contributed by atoms with Gasteiger partial charge < -0.3 is 15.1 Å². The molecule has 0 spiro atoms. The summed E-state index contributed by atoms with van der Waals surface area (Å²) >= 11 is 0. The first-order valence-corrected chi connectivity index (χ1v) is 16.1. The molecular formula is C42H33N3O. The van der Waals surface area contributed by atoms with Crippen molar-refractivity contribution in [3.05, 3.63) is 156 Å². The largest absolute Gasteiger partial charge is 0.455 e. The molecule has 2 N–H and O–H groups in total. The van der Waals surface area contributed by atoms with E-state index in [1.54, 1.807) is 0 Å². The number of rotatable bonds is 4. The van der Waals surface area contributed by atoms with Crippen LogP contribution in [-0.4, -0.2) is 17.8 Å². The maximum Gasteiger partial charge on any atom is 0.143 e. The van der Waals surface area contributed by atoms with Gasteiger partial charge in [-0.15, -0.1) is 0 Å². The lowest BCUT2D eigenvalue weighted by Gasteiger charge is -2.28. The zero-order valence-corrected chi connectivity index (χ0v) is 25.4. The van der Waals surface area contributed by atoms with Crippen LogP contribution in [0.3, 0.4) is 0 Å². The lowest BCUT2D eigenvalue weighted by atomic mass is 9.92. The van der Waals surface area contributed by atoms with Gasteiger partial charge >= 0.3 is 0 Å². The third kappa shape index (κ3) is 4.37. The van der Waals surface area contributed by atoms with Crippen LogP contribution in [0.15, 0.2) is 154 Å². The second kappa shape index (κ2) is 10.9. The molecule has 1 aliphatic heterocycles. The predicted molar refractivity (Wildman–Crippen MR) is 193 cm³/mol. The van der Waals surface area contributed by atoms with Gasteiger partial charge in [0, 0.05) is 33.1 Å². The number of nitrogens with two attached hydrogens (primary N) is 1. The van der Waals surface area contributed by atoms with Crippen molar-refractivity contribution in [3.63, 3.8) is 0 Å². The molecule has 4 heteroatoms. The van der Waals surface area contributed by atoms with E-state index >= 15 is 0 Å². The number of hydrogen-bond acceptors (Lipinski definition) is 4. The molecule has 0 bridgehead atoms. The fourth-order valence-electron chi connectivity index (χ4n) is 7.38. The van der Waals surface area contributed by atoms with Crippen LogP contribution in [-0.2, 0) is 0 Å². The molecule has 0 saturated heterocycles. The fraction of sp³-hybridized carbons (Fsp3) is 0.119. The van der Waals surface area contributed by atoms with Gasteiger partial charge in [-0.2, -0.15) is 0 Å². The molecule has 2 heterocycles.